The lowest BCUT2D eigenvalue weighted by atomic mass is 10.1. The van der Waals surface area contributed by atoms with Gasteiger partial charge in [0.1, 0.15) is 11.5 Å². The van der Waals surface area contributed by atoms with Gasteiger partial charge in [-0.3, -0.25) is 5.32 Å². The van der Waals surface area contributed by atoms with Crippen molar-refractivity contribution in [1.82, 2.24) is 25.9 Å². The van der Waals surface area contributed by atoms with Gasteiger partial charge in [-0.25, -0.2) is 9.97 Å². The van der Waals surface area contributed by atoms with Crippen LogP contribution in [0.25, 0.3) is 0 Å². The molecule has 0 bridgehead atoms. The zero-order valence-corrected chi connectivity index (χ0v) is 11.9. The topological polar surface area (TPSA) is 71.1 Å². The molecule has 0 saturated carbocycles. The van der Waals surface area contributed by atoms with Crippen LogP contribution in [-0.4, -0.2) is 43.0 Å². The first kappa shape index (κ1) is 15.1. The summed E-state index contributed by atoms with van der Waals surface area (Å²) in [6.45, 7) is 2.05. The Morgan fingerprint density at radius 2 is 2.00 bits per heavy atom. The number of hydrogen-bond donors (Lipinski definition) is 3. The first-order valence-corrected chi connectivity index (χ1v) is 6.10. The second-order valence-corrected chi connectivity index (χ2v) is 4.50. The van der Waals surface area contributed by atoms with E-state index in [2.05, 4.69) is 25.9 Å². The van der Waals surface area contributed by atoms with Gasteiger partial charge in [0.15, 0.2) is 6.23 Å². The molecule has 0 aliphatic heterocycles. The largest absolute Gasteiger partial charge is 0.458 e. The third-order valence-electron chi connectivity index (χ3n) is 2.89. The van der Waals surface area contributed by atoms with Gasteiger partial charge in [0.05, 0.1) is 5.66 Å². The molecule has 1 aromatic rings. The van der Waals surface area contributed by atoms with Gasteiger partial charge in [0.25, 0.3) is 0 Å². The van der Waals surface area contributed by atoms with Gasteiger partial charge in [-0.15, -0.1) is 0 Å². The van der Waals surface area contributed by atoms with Gasteiger partial charge in [-0.05, 0) is 28.1 Å². The van der Waals surface area contributed by atoms with E-state index in [0.717, 1.165) is 0 Å². The zero-order chi connectivity index (χ0) is 13.6. The van der Waals surface area contributed by atoms with Crippen LogP contribution < -0.4 is 20.7 Å². The Labute approximate surface area is 112 Å². The Bertz CT molecular complexity index is 372. The van der Waals surface area contributed by atoms with Crippen molar-refractivity contribution in [2.45, 2.75) is 25.2 Å². The molecule has 0 saturated heterocycles. The molecule has 1 heterocycles. The van der Waals surface area contributed by atoms with Crippen LogP contribution in [0.1, 0.15) is 13.3 Å². The Balaban J connectivity index is 2.67. The number of nitrogens with zero attached hydrogens (tertiary/aromatic N) is 2. The van der Waals surface area contributed by atoms with Gasteiger partial charge in [0.2, 0.25) is 5.88 Å². The molecule has 0 radical (unpaired) electrons. The van der Waals surface area contributed by atoms with Gasteiger partial charge >= 0.3 is 0 Å². The molecule has 3 N–H and O–H groups in total. The first-order valence-electron chi connectivity index (χ1n) is 5.72. The van der Waals surface area contributed by atoms with Crippen molar-refractivity contribution in [3.63, 3.8) is 0 Å². The van der Waals surface area contributed by atoms with Crippen molar-refractivity contribution in [2.24, 2.45) is 0 Å². The smallest absolute Gasteiger partial charge is 0.219 e. The molecule has 1 aromatic heterocycles. The Morgan fingerprint density at radius 1 is 1.33 bits per heavy atom. The highest BCUT2D eigenvalue weighted by atomic mass is 35.5. The van der Waals surface area contributed by atoms with Crippen LogP contribution in [0.2, 0.25) is 5.15 Å². The molecule has 102 valence electrons. The summed E-state index contributed by atoms with van der Waals surface area (Å²) in [6.07, 6.45) is 1.89. The van der Waals surface area contributed by atoms with Gasteiger partial charge in [0, 0.05) is 12.5 Å². The van der Waals surface area contributed by atoms with E-state index in [1.165, 1.54) is 6.33 Å². The molecule has 6 nitrogen and oxygen atoms in total. The normalized spacial score (nSPS) is 13.4. The fourth-order valence-corrected chi connectivity index (χ4v) is 1.57. The van der Waals surface area contributed by atoms with Crippen molar-refractivity contribution in [1.29, 1.82) is 0 Å². The van der Waals surface area contributed by atoms with Crippen LogP contribution in [0.3, 0.4) is 0 Å². The molecule has 0 aliphatic rings. The standard InChI is InChI=1S/C11H20ClN5O/c1-11(14-3,15-4)6-10(13-2)18-9-5-8(12)16-7-17-9/h5,7,10,13-15H,6H2,1-4H3. The van der Waals surface area contributed by atoms with Crippen LogP contribution >= 0.6 is 11.6 Å². The molecule has 18 heavy (non-hydrogen) atoms. The summed E-state index contributed by atoms with van der Waals surface area (Å²) >= 11 is 5.78. The summed E-state index contributed by atoms with van der Waals surface area (Å²) in [5, 5.41) is 9.85. The molecule has 1 unspecified atom stereocenters. The number of rotatable bonds is 7. The van der Waals surface area contributed by atoms with Crippen LogP contribution in [0.5, 0.6) is 5.88 Å². The zero-order valence-electron chi connectivity index (χ0n) is 11.1. The van der Waals surface area contributed by atoms with E-state index in [1.54, 1.807) is 6.07 Å². The molecule has 0 aromatic carbocycles. The molecule has 0 fully saturated rings. The van der Waals surface area contributed by atoms with Gasteiger partial charge < -0.3 is 15.4 Å². The average molecular weight is 274 g/mol. The minimum atomic E-state index is -0.232. The highest BCUT2D eigenvalue weighted by Gasteiger charge is 2.25. The summed E-state index contributed by atoms with van der Waals surface area (Å²) in [5.41, 5.74) is -0.232. The second-order valence-electron chi connectivity index (χ2n) is 4.11. The number of nitrogens with one attached hydrogen (secondary N) is 3. The molecule has 0 amide bonds. The molecule has 1 atom stereocenters. The highest BCUT2D eigenvalue weighted by Crippen LogP contribution is 2.15. The number of aromatic nitrogens is 2. The van der Waals surface area contributed by atoms with Crippen LogP contribution in [0, 0.1) is 0 Å². The SMILES string of the molecule is CNC(CC(C)(NC)NC)Oc1cc(Cl)ncn1. The van der Waals surface area contributed by atoms with Crippen molar-refractivity contribution in [2.75, 3.05) is 21.1 Å². The lowest BCUT2D eigenvalue weighted by molar-refractivity contribution is 0.110. The van der Waals surface area contributed by atoms with Crippen molar-refractivity contribution < 1.29 is 4.74 Å². The summed E-state index contributed by atoms with van der Waals surface area (Å²) in [5.74, 6) is 0.448. The second kappa shape index (κ2) is 6.84. The van der Waals surface area contributed by atoms with E-state index in [0.29, 0.717) is 17.5 Å². The third-order valence-corrected chi connectivity index (χ3v) is 3.10. The lowest BCUT2D eigenvalue weighted by Gasteiger charge is -2.32. The van der Waals surface area contributed by atoms with Crippen molar-refractivity contribution in [3.05, 3.63) is 17.5 Å². The molecule has 0 aliphatic carbocycles. The Hall–Kier alpha value is -0.950. The molecular weight excluding hydrogens is 254 g/mol. The number of ether oxygens (including phenoxy) is 1. The van der Waals surface area contributed by atoms with Gasteiger partial charge in [-0.1, -0.05) is 11.6 Å². The molecular formula is C11H20ClN5O. The van der Waals surface area contributed by atoms with Crippen molar-refractivity contribution in [3.8, 4) is 5.88 Å². The van der Waals surface area contributed by atoms with E-state index in [-0.39, 0.29) is 11.9 Å². The average Bonchev–Trinajstić information content (AvgIpc) is 2.38. The highest BCUT2D eigenvalue weighted by molar-refractivity contribution is 6.29. The number of halogens is 1. The van der Waals surface area contributed by atoms with E-state index in [9.17, 15) is 0 Å². The maximum Gasteiger partial charge on any atom is 0.219 e. The first-order chi connectivity index (χ1) is 8.53. The Kier molecular flexibility index (Phi) is 5.74. The maximum atomic E-state index is 5.78. The summed E-state index contributed by atoms with van der Waals surface area (Å²) in [7, 11) is 5.62. The minimum Gasteiger partial charge on any atom is -0.458 e. The molecule has 0 spiro atoms. The van der Waals surface area contributed by atoms with Crippen LogP contribution in [0.15, 0.2) is 12.4 Å². The predicted octanol–water partition coefficient (Wildman–Crippen LogP) is 0.599. The predicted molar refractivity (Wildman–Crippen MR) is 71.7 cm³/mol. The number of hydrogen-bond acceptors (Lipinski definition) is 6. The quantitative estimate of drug-likeness (QED) is 0.499. The van der Waals surface area contributed by atoms with Crippen LogP contribution in [-0.2, 0) is 0 Å². The fourth-order valence-electron chi connectivity index (χ4n) is 1.43. The van der Waals surface area contributed by atoms with Crippen molar-refractivity contribution >= 4 is 11.6 Å². The fraction of sp³-hybridized carbons (Fsp3) is 0.636. The van der Waals surface area contributed by atoms with E-state index in [4.69, 9.17) is 16.3 Å². The third kappa shape index (κ3) is 4.38. The monoisotopic (exact) mass is 273 g/mol. The summed E-state index contributed by atoms with van der Waals surface area (Å²) in [4.78, 5) is 7.82. The minimum absolute atomic E-state index is 0.194. The Morgan fingerprint density at radius 3 is 2.50 bits per heavy atom. The lowest BCUT2D eigenvalue weighted by Crippen LogP contribution is -2.55. The van der Waals surface area contributed by atoms with Crippen LogP contribution in [0.4, 0.5) is 0 Å². The van der Waals surface area contributed by atoms with E-state index >= 15 is 0 Å². The summed E-state index contributed by atoms with van der Waals surface area (Å²) in [6, 6.07) is 1.59. The molecule has 7 heteroatoms. The van der Waals surface area contributed by atoms with E-state index in [1.807, 2.05) is 28.1 Å². The maximum absolute atomic E-state index is 5.78. The van der Waals surface area contributed by atoms with E-state index < -0.39 is 0 Å². The van der Waals surface area contributed by atoms with Gasteiger partial charge in [-0.2, -0.15) is 0 Å². The summed E-state index contributed by atoms with van der Waals surface area (Å²) < 4.78 is 5.72. The molecule has 1 rings (SSSR count).